The van der Waals surface area contributed by atoms with E-state index >= 15 is 0 Å². The molecule has 1 aliphatic carbocycles. The average molecular weight is 307 g/mol. The Morgan fingerprint density at radius 3 is 2.65 bits per heavy atom. The number of hydrogen-bond donors (Lipinski definition) is 1. The van der Waals surface area contributed by atoms with Crippen LogP contribution in [-0.4, -0.2) is 16.2 Å². The molecule has 0 bridgehead atoms. The molecule has 4 rings (SSSR count). The SMILES string of the molecule is O=C(Nc1ccc2c(c1)CCCCC2)c1ccc2nonc2c1. The standard InChI is InChI=1S/C18H17N3O2/c22-18(14-7-9-16-17(11-14)21-23-20-16)19-15-8-6-12-4-2-1-3-5-13(12)10-15/h6-11H,1-5H2,(H,19,22). The van der Waals surface area contributed by atoms with Crippen LogP contribution in [0.1, 0.15) is 40.7 Å². The van der Waals surface area contributed by atoms with Gasteiger partial charge < -0.3 is 5.32 Å². The van der Waals surface area contributed by atoms with E-state index in [1.807, 2.05) is 6.07 Å². The number of anilines is 1. The number of carbonyl (C=O) groups excluding carboxylic acids is 1. The van der Waals surface area contributed by atoms with Gasteiger partial charge in [0, 0.05) is 11.3 Å². The monoisotopic (exact) mass is 307 g/mol. The molecule has 116 valence electrons. The average Bonchev–Trinajstić information content (AvgIpc) is 2.91. The van der Waals surface area contributed by atoms with Gasteiger partial charge in [-0.3, -0.25) is 4.79 Å². The fourth-order valence-electron chi connectivity index (χ4n) is 3.11. The second-order valence-corrected chi connectivity index (χ2v) is 5.97. The van der Waals surface area contributed by atoms with E-state index in [-0.39, 0.29) is 5.91 Å². The summed E-state index contributed by atoms with van der Waals surface area (Å²) in [7, 11) is 0. The summed E-state index contributed by atoms with van der Waals surface area (Å²) < 4.78 is 4.66. The lowest BCUT2D eigenvalue weighted by Crippen LogP contribution is -2.12. The molecule has 3 aromatic rings. The molecule has 1 N–H and O–H groups in total. The molecule has 1 heterocycles. The highest BCUT2D eigenvalue weighted by atomic mass is 16.6. The van der Waals surface area contributed by atoms with Gasteiger partial charge in [-0.15, -0.1) is 0 Å². The maximum Gasteiger partial charge on any atom is 0.255 e. The third-order valence-electron chi connectivity index (χ3n) is 4.37. The summed E-state index contributed by atoms with van der Waals surface area (Å²) in [5, 5.41) is 10.5. The molecule has 0 fully saturated rings. The second kappa shape index (κ2) is 5.83. The third-order valence-corrected chi connectivity index (χ3v) is 4.37. The maximum absolute atomic E-state index is 12.4. The Labute approximate surface area is 133 Å². The Bertz CT molecular complexity index is 870. The first-order valence-electron chi connectivity index (χ1n) is 7.95. The van der Waals surface area contributed by atoms with Crippen LogP contribution < -0.4 is 5.32 Å². The molecule has 0 saturated carbocycles. The molecule has 1 amide bonds. The molecule has 23 heavy (non-hydrogen) atoms. The Kier molecular flexibility index (Phi) is 3.54. The number of amides is 1. The number of hydrogen-bond acceptors (Lipinski definition) is 4. The van der Waals surface area contributed by atoms with Gasteiger partial charge in [0.1, 0.15) is 11.0 Å². The highest BCUT2D eigenvalue weighted by Gasteiger charge is 2.12. The van der Waals surface area contributed by atoms with Crippen LogP contribution in [-0.2, 0) is 12.8 Å². The summed E-state index contributed by atoms with van der Waals surface area (Å²) in [4.78, 5) is 12.4. The minimum absolute atomic E-state index is 0.150. The number of carbonyl (C=O) groups is 1. The van der Waals surface area contributed by atoms with Crippen molar-refractivity contribution in [1.29, 1.82) is 0 Å². The van der Waals surface area contributed by atoms with E-state index in [0.29, 0.717) is 16.6 Å². The van der Waals surface area contributed by atoms with Crippen molar-refractivity contribution in [2.45, 2.75) is 32.1 Å². The lowest BCUT2D eigenvalue weighted by molar-refractivity contribution is 0.102. The lowest BCUT2D eigenvalue weighted by atomic mass is 10.0. The largest absolute Gasteiger partial charge is 0.322 e. The number of fused-ring (bicyclic) bond motifs is 2. The fourth-order valence-corrected chi connectivity index (χ4v) is 3.11. The first-order valence-corrected chi connectivity index (χ1v) is 7.95. The molecule has 0 atom stereocenters. The van der Waals surface area contributed by atoms with Crippen molar-refractivity contribution < 1.29 is 9.42 Å². The minimum atomic E-state index is -0.150. The number of benzene rings is 2. The predicted molar refractivity (Wildman–Crippen MR) is 87.5 cm³/mol. The summed E-state index contributed by atoms with van der Waals surface area (Å²) in [5.74, 6) is -0.150. The molecule has 0 unspecified atom stereocenters. The number of aryl methyl sites for hydroxylation is 2. The number of nitrogens with zero attached hydrogens (tertiary/aromatic N) is 2. The van der Waals surface area contributed by atoms with Crippen molar-refractivity contribution in [2.24, 2.45) is 0 Å². The zero-order valence-corrected chi connectivity index (χ0v) is 12.7. The second-order valence-electron chi connectivity index (χ2n) is 5.97. The summed E-state index contributed by atoms with van der Waals surface area (Å²) >= 11 is 0. The fraction of sp³-hybridized carbons (Fsp3) is 0.278. The Hall–Kier alpha value is -2.69. The van der Waals surface area contributed by atoms with Crippen LogP contribution in [0.4, 0.5) is 5.69 Å². The summed E-state index contributed by atoms with van der Waals surface area (Å²) in [6, 6.07) is 11.4. The molecule has 5 heteroatoms. The van der Waals surface area contributed by atoms with Gasteiger partial charge in [-0.05, 0) is 77.5 Å². The van der Waals surface area contributed by atoms with E-state index in [9.17, 15) is 4.79 Å². The molecule has 0 saturated heterocycles. The zero-order valence-electron chi connectivity index (χ0n) is 12.7. The topological polar surface area (TPSA) is 68.0 Å². The molecule has 0 aliphatic heterocycles. The first-order chi connectivity index (χ1) is 11.3. The number of rotatable bonds is 2. The van der Waals surface area contributed by atoms with E-state index in [4.69, 9.17) is 0 Å². The van der Waals surface area contributed by atoms with Crippen LogP contribution in [0.5, 0.6) is 0 Å². The van der Waals surface area contributed by atoms with Crippen molar-refractivity contribution in [3.8, 4) is 0 Å². The molecule has 0 spiro atoms. The molecular formula is C18H17N3O2. The molecule has 2 aromatic carbocycles. The molecule has 1 aromatic heterocycles. The first kappa shape index (κ1) is 13.9. The smallest absolute Gasteiger partial charge is 0.255 e. The molecule has 0 radical (unpaired) electrons. The molecule has 1 aliphatic rings. The zero-order chi connectivity index (χ0) is 15.6. The highest BCUT2D eigenvalue weighted by Crippen LogP contribution is 2.24. The summed E-state index contributed by atoms with van der Waals surface area (Å²) in [6.45, 7) is 0. The minimum Gasteiger partial charge on any atom is -0.322 e. The van der Waals surface area contributed by atoms with Gasteiger partial charge in [0.25, 0.3) is 5.91 Å². The van der Waals surface area contributed by atoms with Crippen LogP contribution in [0.25, 0.3) is 11.0 Å². The Morgan fingerprint density at radius 2 is 1.74 bits per heavy atom. The van der Waals surface area contributed by atoms with Crippen LogP contribution in [0, 0.1) is 0 Å². The van der Waals surface area contributed by atoms with Crippen LogP contribution in [0.3, 0.4) is 0 Å². The van der Waals surface area contributed by atoms with Crippen molar-refractivity contribution in [1.82, 2.24) is 10.3 Å². The van der Waals surface area contributed by atoms with Crippen LogP contribution in [0.2, 0.25) is 0 Å². The summed E-state index contributed by atoms with van der Waals surface area (Å²) in [6.07, 6.45) is 5.99. The Balaban J connectivity index is 1.57. The van der Waals surface area contributed by atoms with Gasteiger partial charge in [0.15, 0.2) is 0 Å². The van der Waals surface area contributed by atoms with Gasteiger partial charge in [-0.1, -0.05) is 12.5 Å². The quantitative estimate of drug-likeness (QED) is 0.732. The number of aromatic nitrogens is 2. The summed E-state index contributed by atoms with van der Waals surface area (Å²) in [5.41, 5.74) is 5.38. The van der Waals surface area contributed by atoms with Gasteiger partial charge in [0.05, 0.1) is 0 Å². The van der Waals surface area contributed by atoms with Crippen molar-refractivity contribution in [3.05, 3.63) is 53.1 Å². The van der Waals surface area contributed by atoms with Gasteiger partial charge >= 0.3 is 0 Å². The van der Waals surface area contributed by atoms with Gasteiger partial charge in [-0.25, -0.2) is 4.63 Å². The normalized spacial score (nSPS) is 14.3. The molecular weight excluding hydrogens is 290 g/mol. The van der Waals surface area contributed by atoms with Crippen molar-refractivity contribution in [2.75, 3.05) is 5.32 Å². The maximum atomic E-state index is 12.4. The highest BCUT2D eigenvalue weighted by molar-refractivity contribution is 6.05. The number of nitrogens with one attached hydrogen (secondary N) is 1. The van der Waals surface area contributed by atoms with Gasteiger partial charge in [0.2, 0.25) is 0 Å². The third kappa shape index (κ3) is 2.82. The van der Waals surface area contributed by atoms with E-state index < -0.39 is 0 Å². The van der Waals surface area contributed by atoms with E-state index in [2.05, 4.69) is 32.4 Å². The predicted octanol–water partition coefficient (Wildman–Crippen LogP) is 3.74. The Morgan fingerprint density at radius 1 is 0.913 bits per heavy atom. The van der Waals surface area contributed by atoms with Gasteiger partial charge in [-0.2, -0.15) is 0 Å². The van der Waals surface area contributed by atoms with Crippen LogP contribution in [0.15, 0.2) is 41.0 Å². The van der Waals surface area contributed by atoms with E-state index in [1.54, 1.807) is 18.2 Å². The van der Waals surface area contributed by atoms with Crippen LogP contribution >= 0.6 is 0 Å². The van der Waals surface area contributed by atoms with E-state index in [1.165, 1.54) is 30.4 Å². The molecule has 5 nitrogen and oxygen atoms in total. The lowest BCUT2D eigenvalue weighted by Gasteiger charge is -2.10. The van der Waals surface area contributed by atoms with Crippen molar-refractivity contribution >= 4 is 22.6 Å². The van der Waals surface area contributed by atoms with E-state index in [0.717, 1.165) is 18.5 Å². The van der Waals surface area contributed by atoms with Crippen molar-refractivity contribution in [3.63, 3.8) is 0 Å².